The number of hydrogen-bond acceptors (Lipinski definition) is 23. The van der Waals surface area contributed by atoms with E-state index in [1.54, 1.807) is 79.0 Å². The van der Waals surface area contributed by atoms with Crippen LogP contribution in [-0.2, 0) is 106 Å². The number of nitrogens with two attached hydrogens (primary N) is 6. The molecule has 0 bridgehead atoms. The third-order valence-electron chi connectivity index (χ3n) is 20.9. The number of carbonyl (C=O) groups is 17. The van der Waals surface area contributed by atoms with Gasteiger partial charge in [0.25, 0.3) is 0 Å². The Morgan fingerprint density at radius 1 is 0.641 bits per heavy atom. The molecule has 11 amide bonds. The zero-order valence-corrected chi connectivity index (χ0v) is 66.2. The van der Waals surface area contributed by atoms with Crippen molar-refractivity contribution < 1.29 is 101 Å². The number of carboxylic acid groups (broad SMARTS) is 1. The fourth-order valence-electron chi connectivity index (χ4n) is 14.2. The topological polar surface area (TPSA) is 605 Å². The van der Waals surface area contributed by atoms with E-state index in [9.17, 15) is 63.0 Å². The largest absolute Gasteiger partial charge is 0.492 e. The van der Waals surface area contributed by atoms with Crippen molar-refractivity contribution in [2.24, 2.45) is 64.0 Å². The first-order chi connectivity index (χ1) is 55.7. The molecule has 632 valence electrons. The van der Waals surface area contributed by atoms with Crippen molar-refractivity contribution in [2.75, 3.05) is 44.9 Å². The zero-order valence-electron chi connectivity index (χ0n) is 65.4. The van der Waals surface area contributed by atoms with E-state index in [-0.39, 0.29) is 89.2 Å². The lowest BCUT2D eigenvalue weighted by Gasteiger charge is -2.38. The highest BCUT2D eigenvalue weighted by atomic mass is 32.2. The number of hydrogen-bond donors (Lipinski definition) is 16. The number of ketones is 5. The third-order valence-corrected chi connectivity index (χ3v) is 22.1. The van der Waals surface area contributed by atoms with Crippen molar-refractivity contribution in [3.63, 3.8) is 0 Å². The molecule has 36 heteroatoms. The van der Waals surface area contributed by atoms with Crippen molar-refractivity contribution in [1.29, 1.82) is 0 Å². The molecule has 3 heterocycles. The Hall–Kier alpha value is -11.3. The number of likely N-dealkylation sites (N-methyl/N-ethyl adjacent to an activating group) is 1. The Kier molecular flexibility index (Phi) is 35.9. The van der Waals surface area contributed by atoms with Gasteiger partial charge >= 0.3 is 5.97 Å². The number of para-hydroxylation sites is 1. The summed E-state index contributed by atoms with van der Waals surface area (Å²) in [5.41, 5.74) is 33.4. The van der Waals surface area contributed by atoms with Crippen LogP contribution < -0.4 is 76.4 Å². The number of nitrogens with one attached hydrogen (secondary N) is 8. The molecule has 0 aliphatic carbocycles. The van der Waals surface area contributed by atoms with Gasteiger partial charge in [-0.25, -0.2) is 0 Å². The predicted octanol–water partition coefficient (Wildman–Crippen LogP) is -0.610. The minimum Gasteiger partial charge on any atom is -0.492 e. The average molecular weight is 1640 g/mol. The number of rotatable bonds is 40. The summed E-state index contributed by atoms with van der Waals surface area (Å²) < 4.78 is 11.4. The van der Waals surface area contributed by atoms with Gasteiger partial charge in [-0.1, -0.05) is 72.8 Å². The summed E-state index contributed by atoms with van der Waals surface area (Å²) in [7, 11) is 1.49. The number of aliphatic hydroxyl groups is 1. The fraction of sp³-hybridized carbons (Fsp3) is 0.494. The van der Waals surface area contributed by atoms with Crippen LogP contribution >= 0.6 is 11.8 Å². The van der Waals surface area contributed by atoms with Crippen LogP contribution in [0.4, 0.5) is 0 Å². The summed E-state index contributed by atoms with van der Waals surface area (Å²) in [5.74, 6) is -22.9. The lowest BCUT2D eigenvalue weighted by atomic mass is 9.79. The molecule has 117 heavy (non-hydrogen) atoms. The summed E-state index contributed by atoms with van der Waals surface area (Å²) in [6, 6.07) is 16.8. The van der Waals surface area contributed by atoms with Crippen molar-refractivity contribution >= 4 is 133 Å². The Labute approximate surface area is 678 Å². The van der Waals surface area contributed by atoms with Crippen molar-refractivity contribution in [2.45, 2.75) is 177 Å². The molecule has 12 unspecified atom stereocenters. The third kappa shape index (κ3) is 28.8. The van der Waals surface area contributed by atoms with Crippen molar-refractivity contribution in [3.8, 4) is 5.75 Å². The van der Waals surface area contributed by atoms with Crippen LogP contribution in [0.1, 0.15) is 126 Å². The summed E-state index contributed by atoms with van der Waals surface area (Å²) in [6.07, 6.45) is -8.90. The molecule has 5 aromatic rings. The molecule has 35 nitrogen and oxygen atoms in total. The normalized spacial score (nSPS) is 20.1. The van der Waals surface area contributed by atoms with E-state index < -0.39 is 248 Å². The number of aromatic nitrogens is 1. The minimum absolute atomic E-state index is 0.0392. The number of ether oxygens (including phenoxy) is 2. The number of thioether (sulfide) groups is 1. The van der Waals surface area contributed by atoms with Gasteiger partial charge in [0.2, 0.25) is 65.0 Å². The molecule has 4 aromatic carbocycles. The van der Waals surface area contributed by atoms with E-state index in [1.807, 2.05) is 18.2 Å². The average Bonchev–Trinajstić information content (AvgIpc) is 1.07. The number of Topliss-reactive ketones (excluding diaryl/α,β-unsaturated/α-hetero) is 5. The van der Waals surface area contributed by atoms with Gasteiger partial charge in [0.15, 0.2) is 28.9 Å². The number of carboxylic acids is 1. The maximum absolute atomic E-state index is 15.8. The second-order valence-electron chi connectivity index (χ2n) is 29.8. The van der Waals surface area contributed by atoms with E-state index >= 15 is 28.8 Å². The summed E-state index contributed by atoms with van der Waals surface area (Å²) in [4.78, 5) is 240. The summed E-state index contributed by atoms with van der Waals surface area (Å²) in [5, 5.41) is 42.1. The quantitative estimate of drug-likeness (QED) is 0.0233. The predicted molar refractivity (Wildman–Crippen MR) is 428 cm³/mol. The minimum atomic E-state index is -1.89. The Morgan fingerprint density at radius 2 is 1.28 bits per heavy atom. The number of fused-ring (bicyclic) bond motifs is 2. The van der Waals surface area contributed by atoms with Crippen molar-refractivity contribution in [3.05, 3.63) is 114 Å². The molecule has 1 aromatic heterocycles. The molecule has 2 fully saturated rings. The van der Waals surface area contributed by atoms with E-state index in [2.05, 4.69) is 42.2 Å². The second-order valence-corrected chi connectivity index (χ2v) is 30.9. The lowest BCUT2D eigenvalue weighted by molar-refractivity contribution is -0.142. The van der Waals surface area contributed by atoms with Gasteiger partial charge in [-0.2, -0.15) is 11.8 Å². The Morgan fingerprint density at radius 3 is 1.93 bits per heavy atom. The zero-order chi connectivity index (χ0) is 85.6. The highest BCUT2D eigenvalue weighted by Gasteiger charge is 2.46. The van der Waals surface area contributed by atoms with Crippen LogP contribution in [0.15, 0.2) is 97.2 Å². The van der Waals surface area contributed by atoms with Gasteiger partial charge < -0.3 is 96.3 Å². The number of carbonyl (C=O) groups excluding carboxylic acids is 16. The van der Waals surface area contributed by atoms with Gasteiger partial charge in [0.05, 0.1) is 48.5 Å². The van der Waals surface area contributed by atoms with E-state index in [0.717, 1.165) is 22.5 Å². The monoisotopic (exact) mass is 1640 g/mol. The van der Waals surface area contributed by atoms with Gasteiger partial charge in [-0.3, -0.25) is 81.5 Å². The van der Waals surface area contributed by atoms with Crippen LogP contribution in [0.25, 0.3) is 21.7 Å². The van der Waals surface area contributed by atoms with E-state index in [4.69, 9.17) is 43.9 Å². The Bertz CT molecular complexity index is 4430. The number of benzene rings is 4. The summed E-state index contributed by atoms with van der Waals surface area (Å²) >= 11 is 1.12. The maximum Gasteiger partial charge on any atom is 0.303 e. The first kappa shape index (κ1) is 92.8. The maximum atomic E-state index is 15.8. The molecule has 12 atom stereocenters. The molecule has 22 N–H and O–H groups in total. The smallest absolute Gasteiger partial charge is 0.303 e. The van der Waals surface area contributed by atoms with E-state index in [1.165, 1.54) is 14.0 Å². The van der Waals surface area contributed by atoms with E-state index in [0.29, 0.717) is 33.3 Å². The van der Waals surface area contributed by atoms with Gasteiger partial charge in [0, 0.05) is 137 Å². The first-order valence-electron chi connectivity index (χ1n) is 38.7. The van der Waals surface area contributed by atoms with Crippen LogP contribution in [0.3, 0.4) is 0 Å². The SMILES string of the molecule is CNC1CCSCC(C(=O)NC(Cc2ccc(OCCN)cc2)C(=O)CC(Cc2ccc3ccccc3c2)C(=O)NC2(C(=O)CC(CCC(=O)O)C(=O)NC(CC(N)=O)C(=O)CC(CC(N)=O)C(N)=O)CCOCC2)CC(=O)C(CCC(N)=O)NC(=O)C(Cc2c[nH]c3ccccc23)NC(=O)C(C(C)O)NC(=O)C(CCC(N)=O)CC1=O. The Balaban J connectivity index is 1.28. The molecule has 2 saturated heterocycles. The number of aliphatic hydroxyl groups excluding tert-OH is 1. The summed E-state index contributed by atoms with van der Waals surface area (Å²) in [6.45, 7) is 1.24. The molecule has 0 saturated carbocycles. The number of aliphatic carboxylic acids is 1. The molecular formula is C81H106N14O21S. The van der Waals surface area contributed by atoms with Crippen LogP contribution in [0.2, 0.25) is 0 Å². The van der Waals surface area contributed by atoms with Crippen LogP contribution in [-0.4, -0.2) is 208 Å². The molecule has 2 aliphatic heterocycles. The number of H-pyrrole nitrogens is 1. The number of aromatic amines is 1. The second kappa shape index (κ2) is 45.2. The highest BCUT2D eigenvalue weighted by Crippen LogP contribution is 2.31. The highest BCUT2D eigenvalue weighted by molar-refractivity contribution is 7.99. The molecule has 2 aliphatic rings. The molecule has 0 spiro atoms. The van der Waals surface area contributed by atoms with Crippen molar-refractivity contribution in [1.82, 2.24) is 42.2 Å². The van der Waals surface area contributed by atoms with Gasteiger partial charge in [0.1, 0.15) is 30.0 Å². The molecule has 0 radical (unpaired) electrons. The van der Waals surface area contributed by atoms with Crippen LogP contribution in [0.5, 0.6) is 5.75 Å². The lowest BCUT2D eigenvalue weighted by Crippen LogP contribution is -2.59. The van der Waals surface area contributed by atoms with Gasteiger partial charge in [-0.05, 0) is 104 Å². The first-order valence-corrected chi connectivity index (χ1v) is 39.9. The molecule has 7 rings (SSSR count). The van der Waals surface area contributed by atoms with Crippen LogP contribution in [0, 0.1) is 29.6 Å². The number of amides is 11. The standard InChI is InChI=1S/C81H106N14O21S/c1-44(96)73-80(114)93-62(34-53-42-89-57-10-6-5-9-56(53)57)79(113)90-59(19-21-69(84)103)64(98)38-54(43-117-30-23-58(88-2)63(97)35-49(76(110)94-73)15-20-68(83)102)77(111)91-60(33-45-12-17-55(18-13-45)116-29-26-82)66(100)37-52(32-46-11-14-47-7-3-4-8-48(47)31-46)78(112)95-81(24-27-115-28-25-81)67(101)39-50(16-22-72(106)107)75(109)92-61(41-71(86)105)65(99)36-51(74(87)108)40-70(85)104/h3-14,17-18,31,42,44,49-52,54,58-62,73,88-89,96H,15-16,19-30,32-41,43,82H2,1-2H3,(H2,83,102)(H2,84,103)(H2,85,104)(H2,86,105)(H2,87,108)(H,90,113)(H,91,111)(H,92,109)(H,93,114)(H,94,110)(H,95,112)(H,106,107). The molecular weight excluding hydrogens is 1540 g/mol. The fourth-order valence-corrected chi connectivity index (χ4v) is 15.4. The number of primary amides is 5. The van der Waals surface area contributed by atoms with Gasteiger partial charge in [-0.15, -0.1) is 0 Å².